The molecule has 2 aromatic carbocycles. The predicted octanol–water partition coefficient (Wildman–Crippen LogP) is 6.53. The molecule has 136 valence electrons. The predicted molar refractivity (Wildman–Crippen MR) is 111 cm³/mol. The topological polar surface area (TPSA) is 21.3 Å². The van der Waals surface area contributed by atoms with Crippen molar-refractivity contribution >= 4 is 39.9 Å². The lowest BCUT2D eigenvalue weighted by Gasteiger charge is -2.23. The van der Waals surface area contributed by atoms with Crippen LogP contribution in [-0.4, -0.2) is 6.04 Å². The van der Waals surface area contributed by atoms with Crippen LogP contribution in [0.4, 0.5) is 0 Å². The van der Waals surface area contributed by atoms with Crippen molar-refractivity contribution in [3.63, 3.8) is 0 Å². The van der Waals surface area contributed by atoms with Crippen molar-refractivity contribution in [2.75, 3.05) is 0 Å². The Hall–Kier alpha value is -0.740. The second-order valence-electron chi connectivity index (χ2n) is 6.40. The number of nitrogens with one attached hydrogen (secondary N) is 1. The summed E-state index contributed by atoms with van der Waals surface area (Å²) in [5.41, 5.74) is 2.39. The third kappa shape index (κ3) is 6.49. The molecule has 2 nitrogen and oxygen atoms in total. The minimum absolute atomic E-state index is 0. The fourth-order valence-corrected chi connectivity index (χ4v) is 3.75. The molecule has 2 aromatic rings. The maximum Gasteiger partial charge on any atom is 0.134 e. The lowest BCUT2D eigenvalue weighted by Crippen LogP contribution is -2.30. The number of rotatable bonds is 6. The highest BCUT2D eigenvalue weighted by atomic mass is 79.9. The van der Waals surface area contributed by atoms with Gasteiger partial charge in [0, 0.05) is 17.6 Å². The van der Waals surface area contributed by atoms with Crippen molar-refractivity contribution in [1.82, 2.24) is 5.32 Å². The van der Waals surface area contributed by atoms with Crippen molar-refractivity contribution in [3.05, 3.63) is 63.1 Å². The summed E-state index contributed by atoms with van der Waals surface area (Å²) >= 11 is 9.53. The number of ether oxygens (including phenoxy) is 1. The SMILES string of the molecule is Cl.Clc1ccc(COc2ccc(CNC3CCCCC3)cc2Br)cc1. The van der Waals surface area contributed by atoms with Gasteiger partial charge in [-0.3, -0.25) is 0 Å². The Morgan fingerprint density at radius 1 is 1.00 bits per heavy atom. The van der Waals surface area contributed by atoms with E-state index in [-0.39, 0.29) is 12.4 Å². The summed E-state index contributed by atoms with van der Waals surface area (Å²) in [6.07, 6.45) is 6.73. The molecule has 5 heteroatoms. The number of halogens is 3. The summed E-state index contributed by atoms with van der Waals surface area (Å²) in [5, 5.41) is 4.42. The molecule has 0 unspecified atom stereocenters. The summed E-state index contributed by atoms with van der Waals surface area (Å²) in [5.74, 6) is 0.867. The van der Waals surface area contributed by atoms with Crippen molar-refractivity contribution < 1.29 is 4.74 Å². The van der Waals surface area contributed by atoms with E-state index in [1.165, 1.54) is 37.7 Å². The largest absolute Gasteiger partial charge is 0.488 e. The standard InChI is InChI=1S/C20H23BrClNO.ClH/c21-19-12-16(13-23-18-4-2-1-3-5-18)8-11-20(19)24-14-15-6-9-17(22)10-7-15;/h6-12,18,23H,1-5,13-14H2;1H. The number of hydrogen-bond acceptors (Lipinski definition) is 2. The number of hydrogen-bond donors (Lipinski definition) is 1. The molecule has 1 aliphatic rings. The Morgan fingerprint density at radius 3 is 2.36 bits per heavy atom. The molecule has 0 aromatic heterocycles. The summed E-state index contributed by atoms with van der Waals surface area (Å²) < 4.78 is 6.90. The van der Waals surface area contributed by atoms with Crippen LogP contribution < -0.4 is 10.1 Å². The van der Waals surface area contributed by atoms with Gasteiger partial charge < -0.3 is 10.1 Å². The van der Waals surface area contributed by atoms with Crippen LogP contribution in [0.3, 0.4) is 0 Å². The molecule has 1 N–H and O–H groups in total. The van der Waals surface area contributed by atoms with E-state index in [0.717, 1.165) is 27.4 Å². The summed E-state index contributed by atoms with van der Waals surface area (Å²) in [6, 6.07) is 14.7. The smallest absolute Gasteiger partial charge is 0.134 e. The first-order valence-electron chi connectivity index (χ1n) is 8.60. The molecule has 0 bridgehead atoms. The average molecular weight is 445 g/mol. The van der Waals surface area contributed by atoms with Crippen LogP contribution in [0.5, 0.6) is 5.75 Å². The highest BCUT2D eigenvalue weighted by molar-refractivity contribution is 9.10. The summed E-state index contributed by atoms with van der Waals surface area (Å²) in [4.78, 5) is 0. The maximum atomic E-state index is 5.90. The van der Waals surface area contributed by atoms with Gasteiger partial charge in [-0.15, -0.1) is 12.4 Å². The van der Waals surface area contributed by atoms with Crippen molar-refractivity contribution in [1.29, 1.82) is 0 Å². The zero-order valence-corrected chi connectivity index (χ0v) is 17.3. The quantitative estimate of drug-likeness (QED) is 0.546. The van der Waals surface area contributed by atoms with E-state index < -0.39 is 0 Å². The zero-order chi connectivity index (χ0) is 16.8. The van der Waals surface area contributed by atoms with E-state index >= 15 is 0 Å². The van der Waals surface area contributed by atoms with Crippen LogP contribution in [-0.2, 0) is 13.2 Å². The van der Waals surface area contributed by atoms with Crippen LogP contribution in [0.15, 0.2) is 46.9 Å². The Labute approximate surface area is 169 Å². The molecular formula is C20H24BrCl2NO. The third-order valence-corrected chi connectivity index (χ3v) is 5.38. The van der Waals surface area contributed by atoms with Gasteiger partial charge in [0.05, 0.1) is 4.47 Å². The first-order chi connectivity index (χ1) is 11.7. The molecule has 25 heavy (non-hydrogen) atoms. The minimum Gasteiger partial charge on any atom is -0.488 e. The summed E-state index contributed by atoms with van der Waals surface area (Å²) in [7, 11) is 0. The molecule has 0 heterocycles. The summed E-state index contributed by atoms with van der Waals surface area (Å²) in [6.45, 7) is 1.45. The van der Waals surface area contributed by atoms with Gasteiger partial charge in [0.1, 0.15) is 12.4 Å². The molecule has 0 atom stereocenters. The van der Waals surface area contributed by atoms with E-state index in [0.29, 0.717) is 12.6 Å². The van der Waals surface area contributed by atoms with Gasteiger partial charge in [-0.25, -0.2) is 0 Å². The first-order valence-corrected chi connectivity index (χ1v) is 9.77. The number of benzene rings is 2. The van der Waals surface area contributed by atoms with Gasteiger partial charge in [0.15, 0.2) is 0 Å². The van der Waals surface area contributed by atoms with Crippen molar-refractivity contribution in [3.8, 4) is 5.75 Å². The maximum absolute atomic E-state index is 5.90. The van der Waals surface area contributed by atoms with E-state index in [9.17, 15) is 0 Å². The van der Waals surface area contributed by atoms with E-state index in [1.54, 1.807) is 0 Å². The average Bonchev–Trinajstić information content (AvgIpc) is 2.61. The Kier molecular flexibility index (Phi) is 8.57. The molecule has 1 fully saturated rings. The molecule has 1 saturated carbocycles. The lowest BCUT2D eigenvalue weighted by molar-refractivity contribution is 0.304. The minimum atomic E-state index is 0. The van der Waals surface area contributed by atoms with Gasteiger partial charge in [-0.05, 0) is 64.2 Å². The molecule has 0 amide bonds. The van der Waals surface area contributed by atoms with Crippen molar-refractivity contribution in [2.24, 2.45) is 0 Å². The Morgan fingerprint density at radius 2 is 1.68 bits per heavy atom. The van der Waals surface area contributed by atoms with E-state index in [4.69, 9.17) is 16.3 Å². The second-order valence-corrected chi connectivity index (χ2v) is 7.69. The van der Waals surface area contributed by atoms with Crippen molar-refractivity contribution in [2.45, 2.75) is 51.3 Å². The van der Waals surface area contributed by atoms with Crippen LogP contribution in [0.25, 0.3) is 0 Å². The monoisotopic (exact) mass is 443 g/mol. The fourth-order valence-electron chi connectivity index (χ4n) is 3.08. The lowest BCUT2D eigenvalue weighted by atomic mass is 9.95. The highest BCUT2D eigenvalue weighted by Gasteiger charge is 2.12. The van der Waals surface area contributed by atoms with Crippen LogP contribution in [0.1, 0.15) is 43.2 Å². The molecule has 1 aliphatic carbocycles. The van der Waals surface area contributed by atoms with Gasteiger partial charge in [-0.1, -0.05) is 49.1 Å². The normalized spacial score (nSPS) is 14.8. The van der Waals surface area contributed by atoms with E-state index in [1.807, 2.05) is 30.3 Å². The molecule has 0 saturated heterocycles. The van der Waals surface area contributed by atoms with Gasteiger partial charge >= 0.3 is 0 Å². The van der Waals surface area contributed by atoms with Crippen LogP contribution >= 0.6 is 39.9 Å². The molecule has 3 rings (SSSR count). The van der Waals surface area contributed by atoms with E-state index in [2.05, 4.69) is 33.4 Å². The highest BCUT2D eigenvalue weighted by Crippen LogP contribution is 2.27. The molecule has 0 aliphatic heterocycles. The zero-order valence-electron chi connectivity index (χ0n) is 14.1. The fraction of sp³-hybridized carbons (Fsp3) is 0.400. The van der Waals surface area contributed by atoms with Gasteiger partial charge in [-0.2, -0.15) is 0 Å². The van der Waals surface area contributed by atoms with Gasteiger partial charge in [0.2, 0.25) is 0 Å². The van der Waals surface area contributed by atoms with Gasteiger partial charge in [0.25, 0.3) is 0 Å². The molecule has 0 radical (unpaired) electrons. The second kappa shape index (κ2) is 10.4. The first kappa shape index (κ1) is 20.6. The molecule has 0 spiro atoms. The Balaban J connectivity index is 0.00000225. The Bertz CT molecular complexity index is 657. The van der Waals surface area contributed by atoms with Crippen LogP contribution in [0.2, 0.25) is 5.02 Å². The molecular weight excluding hydrogens is 421 g/mol. The third-order valence-electron chi connectivity index (χ3n) is 4.50. The van der Waals surface area contributed by atoms with Crippen LogP contribution in [0, 0.1) is 0 Å².